The minimum absolute atomic E-state index is 0.142. The second-order valence-corrected chi connectivity index (χ2v) is 11.0. The van der Waals surface area contributed by atoms with E-state index in [1.165, 1.54) is 17.0 Å². The summed E-state index contributed by atoms with van der Waals surface area (Å²) < 4.78 is 11.0. The summed E-state index contributed by atoms with van der Waals surface area (Å²) in [6.45, 7) is 0.0142. The number of imide groups is 1. The average molecular weight is 534 g/mol. The molecule has 8 rings (SSSR count). The molecule has 3 aromatic rings. The maximum Gasteiger partial charge on any atom is 0.338 e. The zero-order chi connectivity index (χ0) is 27.4. The van der Waals surface area contributed by atoms with Crippen LogP contribution in [0.2, 0.25) is 0 Å². The molecular formula is C33H27NO6. The molecule has 0 aromatic heterocycles. The molecule has 200 valence electrons. The third-order valence-electron chi connectivity index (χ3n) is 8.78. The summed E-state index contributed by atoms with van der Waals surface area (Å²) in [6, 6.07) is 22.7. The molecule has 7 nitrogen and oxygen atoms in total. The van der Waals surface area contributed by atoms with E-state index in [0.29, 0.717) is 35.4 Å². The Bertz CT molecular complexity index is 1490. The average Bonchev–Trinajstić information content (AvgIpc) is 3.78. The molecule has 1 aliphatic heterocycles. The first-order valence-corrected chi connectivity index (χ1v) is 13.6. The van der Waals surface area contributed by atoms with Gasteiger partial charge < -0.3 is 9.47 Å². The molecule has 4 aliphatic carbocycles. The third-order valence-corrected chi connectivity index (χ3v) is 8.78. The van der Waals surface area contributed by atoms with Crippen molar-refractivity contribution in [3.63, 3.8) is 0 Å². The van der Waals surface area contributed by atoms with Crippen molar-refractivity contribution in [1.29, 1.82) is 0 Å². The van der Waals surface area contributed by atoms with Crippen LogP contribution in [0, 0.1) is 35.5 Å². The van der Waals surface area contributed by atoms with Gasteiger partial charge in [-0.2, -0.15) is 0 Å². The predicted molar refractivity (Wildman–Crippen MR) is 145 cm³/mol. The van der Waals surface area contributed by atoms with Gasteiger partial charge in [-0.1, -0.05) is 42.5 Å². The van der Waals surface area contributed by atoms with Crippen LogP contribution in [0.1, 0.15) is 32.7 Å². The molecule has 6 atom stereocenters. The highest BCUT2D eigenvalue weighted by Gasteiger charge is 2.67. The van der Waals surface area contributed by atoms with Crippen LogP contribution in [0.3, 0.4) is 0 Å². The summed E-state index contributed by atoms with van der Waals surface area (Å²) >= 11 is 0. The van der Waals surface area contributed by atoms with Gasteiger partial charge in [0.2, 0.25) is 11.8 Å². The number of hydrogen-bond acceptors (Lipinski definition) is 6. The van der Waals surface area contributed by atoms with Crippen LogP contribution in [0.4, 0.5) is 5.69 Å². The first-order chi connectivity index (χ1) is 19.5. The van der Waals surface area contributed by atoms with Crippen LogP contribution in [0.5, 0.6) is 5.75 Å². The van der Waals surface area contributed by atoms with Gasteiger partial charge in [0.1, 0.15) is 12.4 Å². The van der Waals surface area contributed by atoms with Gasteiger partial charge in [-0.05, 0) is 84.2 Å². The lowest BCUT2D eigenvalue weighted by Crippen LogP contribution is -2.40. The Balaban J connectivity index is 0.946. The lowest BCUT2D eigenvalue weighted by molar-refractivity contribution is -0.124. The smallest absolute Gasteiger partial charge is 0.338 e. The maximum absolute atomic E-state index is 13.3. The topological polar surface area (TPSA) is 90.0 Å². The molecule has 3 aromatic carbocycles. The van der Waals surface area contributed by atoms with Crippen molar-refractivity contribution < 1.29 is 28.7 Å². The Morgan fingerprint density at radius 1 is 0.750 bits per heavy atom. The van der Waals surface area contributed by atoms with Crippen molar-refractivity contribution in [1.82, 2.24) is 0 Å². The fourth-order valence-electron chi connectivity index (χ4n) is 6.73. The van der Waals surface area contributed by atoms with E-state index in [0.717, 1.165) is 12.0 Å². The van der Waals surface area contributed by atoms with Gasteiger partial charge >= 0.3 is 5.97 Å². The standard InChI is InChI=1S/C33H27NO6/c35-28(20-8-12-23(13-9-20)39-17-19-4-2-1-3-5-19)18-40-33(38)21-6-10-22(11-7-21)34-31(36)29-24-14-15-25(27-16-26(24)27)30(29)32(34)37/h1-15,24-27,29-30H,16-18H2/t24-,25+,26-,27-,29+,30-/m1/s1. The Labute approximate surface area is 231 Å². The molecule has 1 heterocycles. The highest BCUT2D eigenvalue weighted by molar-refractivity contribution is 6.22. The summed E-state index contributed by atoms with van der Waals surface area (Å²) in [5.74, 6) is 0.212. The van der Waals surface area contributed by atoms with Crippen molar-refractivity contribution in [2.75, 3.05) is 11.5 Å². The molecule has 40 heavy (non-hydrogen) atoms. The van der Waals surface area contributed by atoms with Crippen molar-refractivity contribution in [2.24, 2.45) is 35.5 Å². The van der Waals surface area contributed by atoms with Crippen molar-refractivity contribution >= 4 is 29.3 Å². The van der Waals surface area contributed by atoms with Crippen LogP contribution >= 0.6 is 0 Å². The molecule has 0 spiro atoms. The van der Waals surface area contributed by atoms with E-state index in [9.17, 15) is 19.2 Å². The molecular weight excluding hydrogens is 506 g/mol. The minimum atomic E-state index is -0.655. The number of hydrogen-bond donors (Lipinski definition) is 0. The first kappa shape index (κ1) is 24.5. The molecule has 2 saturated carbocycles. The van der Waals surface area contributed by atoms with Gasteiger partial charge in [0.25, 0.3) is 0 Å². The van der Waals surface area contributed by atoms with E-state index < -0.39 is 12.6 Å². The van der Waals surface area contributed by atoms with Crippen molar-refractivity contribution in [2.45, 2.75) is 13.0 Å². The van der Waals surface area contributed by atoms with Crippen LogP contribution in [0.15, 0.2) is 91.0 Å². The molecule has 2 amide bonds. The molecule has 2 bridgehead atoms. The molecule has 1 saturated heterocycles. The molecule has 3 fully saturated rings. The summed E-state index contributed by atoms with van der Waals surface area (Å²) in [7, 11) is 0. The number of amides is 2. The Morgan fingerprint density at radius 3 is 1.98 bits per heavy atom. The van der Waals surface area contributed by atoms with Gasteiger partial charge in [-0.25, -0.2) is 4.79 Å². The lowest BCUT2D eigenvalue weighted by atomic mass is 9.63. The summed E-state index contributed by atoms with van der Waals surface area (Å²) in [4.78, 5) is 53.1. The van der Waals surface area contributed by atoms with Crippen LogP contribution in [-0.2, 0) is 20.9 Å². The highest BCUT2D eigenvalue weighted by atomic mass is 16.5. The largest absolute Gasteiger partial charge is 0.489 e. The molecule has 0 N–H and O–H groups in total. The van der Waals surface area contributed by atoms with Crippen molar-refractivity contribution in [3.05, 3.63) is 108 Å². The summed E-state index contributed by atoms with van der Waals surface area (Å²) in [5, 5.41) is 0. The van der Waals surface area contributed by atoms with Crippen molar-refractivity contribution in [3.8, 4) is 5.75 Å². The Morgan fingerprint density at radius 2 is 1.35 bits per heavy atom. The molecule has 0 unspecified atom stereocenters. The van der Waals surface area contributed by atoms with E-state index in [1.807, 2.05) is 30.3 Å². The quantitative estimate of drug-likeness (QED) is 0.178. The number of anilines is 1. The summed E-state index contributed by atoms with van der Waals surface area (Å²) in [6.07, 6.45) is 5.40. The highest BCUT2D eigenvalue weighted by Crippen LogP contribution is 2.65. The zero-order valence-corrected chi connectivity index (χ0v) is 21.6. The number of allylic oxidation sites excluding steroid dienone is 2. The number of ether oxygens (including phenoxy) is 2. The number of nitrogens with zero attached hydrogens (tertiary/aromatic N) is 1. The fraction of sp³-hybridized carbons (Fsp3) is 0.273. The SMILES string of the molecule is O=C(COC(=O)c1ccc(N2C(=O)[C@@H]3[C@H]4C=C[C@H]([C@H]5C[C@H]45)[C@@H]3C2=O)cc1)c1ccc(OCc2ccccc2)cc1. The van der Waals surface area contributed by atoms with Gasteiger partial charge in [0.05, 0.1) is 23.1 Å². The van der Waals surface area contributed by atoms with E-state index in [4.69, 9.17) is 9.47 Å². The van der Waals surface area contributed by atoms with Crippen LogP contribution in [-0.4, -0.2) is 30.2 Å². The number of rotatable bonds is 8. The van der Waals surface area contributed by atoms with Gasteiger partial charge in [0.15, 0.2) is 12.4 Å². The molecule has 7 heteroatoms. The minimum Gasteiger partial charge on any atom is -0.489 e. The van der Waals surface area contributed by atoms with E-state index in [-0.39, 0.29) is 46.8 Å². The maximum atomic E-state index is 13.3. The van der Waals surface area contributed by atoms with Crippen LogP contribution in [0.25, 0.3) is 0 Å². The number of ketones is 1. The number of carbonyl (C=O) groups is 4. The first-order valence-electron chi connectivity index (χ1n) is 13.6. The van der Waals surface area contributed by atoms with Gasteiger partial charge in [0, 0.05) is 5.56 Å². The Hall–Kier alpha value is -4.52. The number of carbonyl (C=O) groups excluding carboxylic acids is 4. The molecule has 0 radical (unpaired) electrons. The number of Topliss-reactive ketones (excluding diaryl/α,β-unsaturated/α-hetero) is 1. The number of esters is 1. The molecule has 5 aliphatic rings. The third kappa shape index (κ3) is 4.13. The second-order valence-electron chi connectivity index (χ2n) is 11.0. The summed E-state index contributed by atoms with van der Waals surface area (Å²) in [5.41, 5.74) is 2.14. The predicted octanol–water partition coefficient (Wildman–Crippen LogP) is 4.86. The number of benzene rings is 3. The lowest BCUT2D eigenvalue weighted by Gasteiger charge is -2.37. The van der Waals surface area contributed by atoms with E-state index in [2.05, 4.69) is 12.2 Å². The second kappa shape index (κ2) is 9.59. The monoisotopic (exact) mass is 533 g/mol. The van der Waals surface area contributed by atoms with Gasteiger partial charge in [-0.15, -0.1) is 0 Å². The normalized spacial score (nSPS) is 27.2. The zero-order valence-electron chi connectivity index (χ0n) is 21.6. The Kier molecular flexibility index (Phi) is 5.88. The van der Waals surface area contributed by atoms with E-state index in [1.54, 1.807) is 36.4 Å². The van der Waals surface area contributed by atoms with Crippen LogP contribution < -0.4 is 9.64 Å². The van der Waals surface area contributed by atoms with Gasteiger partial charge in [-0.3, -0.25) is 19.3 Å². The fourth-order valence-corrected chi connectivity index (χ4v) is 6.73. The van der Waals surface area contributed by atoms with E-state index >= 15 is 0 Å².